The number of amides is 1. The molecule has 0 aromatic carbocycles. The third-order valence-corrected chi connectivity index (χ3v) is 1.68. The second-order valence-corrected chi connectivity index (χ2v) is 2.97. The molecule has 0 spiro atoms. The maximum absolute atomic E-state index is 11.2. The first kappa shape index (κ1) is 13.5. The number of carboxylic acids is 1. The number of hydrogen-bond donors (Lipinski definition) is 2. The van der Waals surface area contributed by atoms with Crippen molar-refractivity contribution in [3.63, 3.8) is 0 Å². The molecule has 5 nitrogen and oxygen atoms in total. The van der Waals surface area contributed by atoms with Gasteiger partial charge in [-0.25, -0.2) is 4.79 Å². The van der Waals surface area contributed by atoms with E-state index in [2.05, 4.69) is 16.0 Å². The van der Waals surface area contributed by atoms with Crippen molar-refractivity contribution in [2.45, 2.75) is 25.8 Å². The second kappa shape index (κ2) is 7.83. The predicted octanol–water partition coefficient (Wildman–Crippen LogP) is 0.00570. The third-order valence-electron chi connectivity index (χ3n) is 1.68. The Morgan fingerprint density at radius 1 is 1.53 bits per heavy atom. The van der Waals surface area contributed by atoms with Crippen LogP contribution in [0.1, 0.15) is 19.8 Å². The molecule has 2 N–H and O–H groups in total. The monoisotopic (exact) mass is 213 g/mol. The highest BCUT2D eigenvalue weighted by Gasteiger charge is 2.09. The first-order chi connectivity index (χ1) is 7.10. The summed E-state index contributed by atoms with van der Waals surface area (Å²) >= 11 is 0. The Balaban J connectivity index is 3.72. The Hall–Kier alpha value is -1.54. The number of aliphatic carboxylic acids is 1. The molecular formula is C10H15NO4. The smallest absolute Gasteiger partial charge is 0.329 e. The zero-order valence-electron chi connectivity index (χ0n) is 8.66. The van der Waals surface area contributed by atoms with Gasteiger partial charge in [0.2, 0.25) is 5.91 Å². The molecule has 0 saturated heterocycles. The van der Waals surface area contributed by atoms with Gasteiger partial charge in [0, 0.05) is 12.5 Å². The molecular weight excluding hydrogens is 198 g/mol. The number of carbonyl (C=O) groups is 2. The fourth-order valence-electron chi connectivity index (χ4n) is 0.940. The summed E-state index contributed by atoms with van der Waals surface area (Å²) in [6.07, 6.45) is 6.30. The van der Waals surface area contributed by atoms with Gasteiger partial charge in [0.15, 0.2) is 0 Å². The van der Waals surface area contributed by atoms with Crippen LogP contribution in [0.15, 0.2) is 0 Å². The molecule has 84 valence electrons. The maximum atomic E-state index is 11.2. The minimum absolute atomic E-state index is 0.0732. The van der Waals surface area contributed by atoms with Crippen molar-refractivity contribution in [2.24, 2.45) is 0 Å². The Morgan fingerprint density at radius 3 is 2.67 bits per heavy atom. The van der Waals surface area contributed by atoms with E-state index in [0.717, 1.165) is 6.42 Å². The van der Waals surface area contributed by atoms with Crippen LogP contribution in [-0.2, 0) is 14.3 Å². The maximum Gasteiger partial charge on any atom is 0.329 e. The number of carbonyl (C=O) groups excluding carboxylic acids is 1. The topological polar surface area (TPSA) is 75.6 Å². The zero-order valence-corrected chi connectivity index (χ0v) is 8.66. The number of carboxylic acid groups (broad SMARTS) is 1. The van der Waals surface area contributed by atoms with E-state index in [1.54, 1.807) is 0 Å². The molecule has 0 aliphatic heterocycles. The molecule has 0 heterocycles. The van der Waals surface area contributed by atoms with Crippen molar-refractivity contribution < 1.29 is 19.4 Å². The normalized spacial score (nSPS) is 11.5. The van der Waals surface area contributed by atoms with Gasteiger partial charge in [0.05, 0.1) is 0 Å². The van der Waals surface area contributed by atoms with Crippen LogP contribution in [0.25, 0.3) is 0 Å². The number of nitrogens with one attached hydrogen (secondary N) is 1. The van der Waals surface area contributed by atoms with Crippen LogP contribution in [0, 0.1) is 12.3 Å². The van der Waals surface area contributed by atoms with Gasteiger partial charge in [-0.1, -0.05) is 6.92 Å². The molecule has 1 atom stereocenters. The van der Waals surface area contributed by atoms with Gasteiger partial charge in [-0.05, 0) is 6.42 Å². The van der Waals surface area contributed by atoms with Crippen molar-refractivity contribution in [3.05, 3.63) is 0 Å². The minimum Gasteiger partial charge on any atom is -0.480 e. The fourth-order valence-corrected chi connectivity index (χ4v) is 0.940. The lowest BCUT2D eigenvalue weighted by Crippen LogP contribution is -2.37. The van der Waals surface area contributed by atoms with Crippen LogP contribution in [0.3, 0.4) is 0 Å². The van der Waals surface area contributed by atoms with E-state index in [0.29, 0.717) is 6.42 Å². The summed E-state index contributed by atoms with van der Waals surface area (Å²) in [5.41, 5.74) is 0. The highest BCUT2D eigenvalue weighted by atomic mass is 16.5. The van der Waals surface area contributed by atoms with Crippen molar-refractivity contribution in [2.75, 3.05) is 13.2 Å². The van der Waals surface area contributed by atoms with Gasteiger partial charge in [0.1, 0.15) is 13.2 Å². The van der Waals surface area contributed by atoms with E-state index in [-0.39, 0.29) is 18.6 Å². The van der Waals surface area contributed by atoms with Gasteiger partial charge in [0.25, 0.3) is 0 Å². The number of terminal acetylenes is 1. The molecule has 0 radical (unpaired) electrons. The SMILES string of the molecule is C#CCC(CC)NC(=O)COCC(=O)O. The average molecular weight is 213 g/mol. The van der Waals surface area contributed by atoms with Crippen LogP contribution >= 0.6 is 0 Å². The standard InChI is InChI=1S/C10H15NO4/c1-3-5-8(4-2)11-9(12)6-15-7-10(13)14/h1,8H,4-7H2,2H3,(H,11,12)(H,13,14). The fraction of sp³-hybridized carbons (Fsp3) is 0.600. The third kappa shape index (κ3) is 7.52. The van der Waals surface area contributed by atoms with Crippen LogP contribution in [-0.4, -0.2) is 36.2 Å². The summed E-state index contributed by atoms with van der Waals surface area (Å²) in [5, 5.41) is 10.9. The van der Waals surface area contributed by atoms with Crippen molar-refractivity contribution in [1.82, 2.24) is 5.32 Å². The van der Waals surface area contributed by atoms with Crippen LogP contribution in [0.4, 0.5) is 0 Å². The Bertz CT molecular complexity index is 257. The average Bonchev–Trinajstić information content (AvgIpc) is 2.16. The van der Waals surface area contributed by atoms with E-state index in [1.807, 2.05) is 6.92 Å². The zero-order chi connectivity index (χ0) is 11.7. The van der Waals surface area contributed by atoms with Gasteiger partial charge in [-0.3, -0.25) is 4.79 Å². The van der Waals surface area contributed by atoms with Crippen molar-refractivity contribution in [1.29, 1.82) is 0 Å². The van der Waals surface area contributed by atoms with E-state index in [4.69, 9.17) is 11.5 Å². The number of hydrogen-bond acceptors (Lipinski definition) is 3. The molecule has 1 unspecified atom stereocenters. The van der Waals surface area contributed by atoms with Gasteiger partial charge in [-0.15, -0.1) is 12.3 Å². The Kier molecular flexibility index (Phi) is 7.02. The second-order valence-electron chi connectivity index (χ2n) is 2.97. The summed E-state index contributed by atoms with van der Waals surface area (Å²) in [5.74, 6) is 1.00. The summed E-state index contributed by atoms with van der Waals surface area (Å²) in [6.45, 7) is 1.17. The van der Waals surface area contributed by atoms with E-state index in [9.17, 15) is 9.59 Å². The summed E-state index contributed by atoms with van der Waals surface area (Å²) < 4.78 is 4.62. The molecule has 0 aromatic rings. The summed E-state index contributed by atoms with van der Waals surface area (Å²) in [7, 11) is 0. The molecule has 0 fully saturated rings. The molecule has 0 aliphatic rings. The van der Waals surface area contributed by atoms with Gasteiger partial charge in [-0.2, -0.15) is 0 Å². The van der Waals surface area contributed by atoms with E-state index < -0.39 is 12.6 Å². The molecule has 0 saturated carbocycles. The highest BCUT2D eigenvalue weighted by Crippen LogP contribution is 1.95. The quantitative estimate of drug-likeness (QED) is 0.584. The van der Waals surface area contributed by atoms with E-state index >= 15 is 0 Å². The summed E-state index contributed by atoms with van der Waals surface area (Å²) in [4.78, 5) is 21.2. The lowest BCUT2D eigenvalue weighted by molar-refractivity contribution is -0.143. The molecule has 1 amide bonds. The molecule has 0 aliphatic carbocycles. The molecule has 5 heteroatoms. The molecule has 0 rings (SSSR count). The first-order valence-electron chi connectivity index (χ1n) is 4.62. The first-order valence-corrected chi connectivity index (χ1v) is 4.62. The predicted molar refractivity (Wildman–Crippen MR) is 54.1 cm³/mol. The lowest BCUT2D eigenvalue weighted by atomic mass is 10.1. The molecule has 0 aromatic heterocycles. The van der Waals surface area contributed by atoms with Crippen LogP contribution in [0.5, 0.6) is 0 Å². The van der Waals surface area contributed by atoms with Crippen molar-refractivity contribution in [3.8, 4) is 12.3 Å². The van der Waals surface area contributed by atoms with Crippen LogP contribution in [0.2, 0.25) is 0 Å². The Morgan fingerprint density at radius 2 is 2.20 bits per heavy atom. The van der Waals surface area contributed by atoms with E-state index in [1.165, 1.54) is 0 Å². The molecule has 0 bridgehead atoms. The van der Waals surface area contributed by atoms with Gasteiger partial charge < -0.3 is 15.2 Å². The Labute approximate surface area is 88.8 Å². The molecule has 15 heavy (non-hydrogen) atoms. The summed E-state index contributed by atoms with van der Waals surface area (Å²) in [6, 6.07) is -0.0732. The minimum atomic E-state index is -1.10. The highest BCUT2D eigenvalue weighted by molar-refractivity contribution is 5.78. The van der Waals surface area contributed by atoms with Crippen molar-refractivity contribution >= 4 is 11.9 Å². The largest absolute Gasteiger partial charge is 0.480 e. The van der Waals surface area contributed by atoms with Gasteiger partial charge >= 0.3 is 5.97 Å². The number of ether oxygens (including phenoxy) is 1. The number of rotatable bonds is 7. The lowest BCUT2D eigenvalue weighted by Gasteiger charge is -2.13. The van der Waals surface area contributed by atoms with Crippen LogP contribution < -0.4 is 5.32 Å².